The van der Waals surface area contributed by atoms with Crippen molar-refractivity contribution >= 4 is 18.3 Å². The molecule has 3 N–H and O–H groups in total. The van der Waals surface area contributed by atoms with Crippen molar-refractivity contribution in [3.63, 3.8) is 0 Å². The van der Waals surface area contributed by atoms with Crippen LogP contribution in [-0.2, 0) is 9.53 Å². The van der Waals surface area contributed by atoms with E-state index in [1.807, 2.05) is 37.3 Å². The zero-order valence-electron chi connectivity index (χ0n) is 13.7. The molecule has 0 bridgehead atoms. The molecule has 3 rings (SSSR count). The molecule has 0 heterocycles. The molecule has 2 aliphatic rings. The Morgan fingerprint density at radius 1 is 1.35 bits per heavy atom. The monoisotopic (exact) mass is 338 g/mol. The molecule has 3 atom stereocenters. The highest BCUT2D eigenvalue weighted by molar-refractivity contribution is 5.85. The van der Waals surface area contributed by atoms with Gasteiger partial charge in [0.25, 0.3) is 0 Å². The van der Waals surface area contributed by atoms with Gasteiger partial charge in [0.05, 0.1) is 6.10 Å². The minimum absolute atomic E-state index is 0. The van der Waals surface area contributed by atoms with Gasteiger partial charge in [-0.1, -0.05) is 43.2 Å². The quantitative estimate of drug-likeness (QED) is 0.867. The van der Waals surface area contributed by atoms with Crippen LogP contribution < -0.4 is 11.1 Å². The summed E-state index contributed by atoms with van der Waals surface area (Å²) >= 11 is 0. The van der Waals surface area contributed by atoms with E-state index >= 15 is 0 Å². The molecule has 4 nitrogen and oxygen atoms in total. The van der Waals surface area contributed by atoms with Gasteiger partial charge in [0, 0.05) is 18.1 Å². The Labute approximate surface area is 144 Å². The maximum atomic E-state index is 12.5. The molecular formula is C18H27ClN2O2. The first-order chi connectivity index (χ1) is 10.7. The van der Waals surface area contributed by atoms with Crippen LogP contribution in [0.2, 0.25) is 0 Å². The lowest BCUT2D eigenvalue weighted by Crippen LogP contribution is -2.64. The molecule has 0 aliphatic heterocycles. The second kappa shape index (κ2) is 7.65. The summed E-state index contributed by atoms with van der Waals surface area (Å²) in [6, 6.07) is 9.18. The Kier molecular flexibility index (Phi) is 6.06. The minimum Gasteiger partial charge on any atom is -0.378 e. The van der Waals surface area contributed by atoms with Crippen LogP contribution in [-0.4, -0.2) is 24.7 Å². The zero-order chi connectivity index (χ0) is 15.6. The average Bonchev–Trinajstić information content (AvgIpc) is 3.06. The lowest BCUT2D eigenvalue weighted by atomic mass is 9.60. The zero-order valence-corrected chi connectivity index (χ0v) is 14.5. The fourth-order valence-corrected chi connectivity index (χ4v) is 4.16. The lowest BCUT2D eigenvalue weighted by molar-refractivity contribution is -0.145. The molecule has 1 aromatic rings. The molecule has 0 radical (unpaired) electrons. The van der Waals surface area contributed by atoms with Crippen LogP contribution in [0.15, 0.2) is 30.3 Å². The minimum atomic E-state index is -0.592. The number of halogens is 1. The van der Waals surface area contributed by atoms with E-state index in [0.717, 1.165) is 31.4 Å². The second-order valence-electron chi connectivity index (χ2n) is 6.57. The van der Waals surface area contributed by atoms with Gasteiger partial charge in [-0.05, 0) is 31.7 Å². The van der Waals surface area contributed by atoms with Crippen molar-refractivity contribution in [2.45, 2.75) is 57.2 Å². The molecule has 128 valence electrons. The Balaban J connectivity index is 0.00000192. The number of hydrogen-bond donors (Lipinski definition) is 2. The van der Waals surface area contributed by atoms with E-state index in [4.69, 9.17) is 10.5 Å². The van der Waals surface area contributed by atoms with Crippen LogP contribution in [0.25, 0.3) is 0 Å². The Morgan fingerprint density at radius 3 is 2.61 bits per heavy atom. The van der Waals surface area contributed by atoms with Gasteiger partial charge in [-0.3, -0.25) is 4.79 Å². The molecule has 1 spiro atoms. The van der Waals surface area contributed by atoms with Gasteiger partial charge in [-0.2, -0.15) is 0 Å². The van der Waals surface area contributed by atoms with Crippen LogP contribution in [0.5, 0.6) is 0 Å². The van der Waals surface area contributed by atoms with Crippen molar-refractivity contribution in [3.05, 3.63) is 35.9 Å². The number of benzene rings is 1. The fourth-order valence-electron chi connectivity index (χ4n) is 4.16. The highest BCUT2D eigenvalue weighted by atomic mass is 35.5. The fraction of sp³-hybridized carbons (Fsp3) is 0.611. The summed E-state index contributed by atoms with van der Waals surface area (Å²) in [4.78, 5) is 12.5. The molecule has 23 heavy (non-hydrogen) atoms. The highest BCUT2D eigenvalue weighted by Crippen LogP contribution is 2.54. The molecule has 2 saturated carbocycles. The first-order valence-electron chi connectivity index (χ1n) is 8.40. The van der Waals surface area contributed by atoms with E-state index < -0.39 is 6.04 Å². The Bertz CT molecular complexity index is 517. The molecule has 0 saturated heterocycles. The summed E-state index contributed by atoms with van der Waals surface area (Å²) in [5.74, 6) is -0.0718. The normalized spacial score (nSPS) is 26.2. The number of rotatable bonds is 5. The van der Waals surface area contributed by atoms with E-state index in [9.17, 15) is 4.79 Å². The Hall–Kier alpha value is -1.10. The van der Waals surface area contributed by atoms with Crippen molar-refractivity contribution in [1.29, 1.82) is 0 Å². The van der Waals surface area contributed by atoms with Crippen LogP contribution in [0.4, 0.5) is 0 Å². The van der Waals surface area contributed by atoms with Crippen LogP contribution in [0.3, 0.4) is 0 Å². The summed E-state index contributed by atoms with van der Waals surface area (Å²) in [6.07, 6.45) is 6.01. The molecule has 1 amide bonds. The van der Waals surface area contributed by atoms with Gasteiger partial charge in [0.2, 0.25) is 5.91 Å². The largest absolute Gasteiger partial charge is 0.378 e. The van der Waals surface area contributed by atoms with Gasteiger partial charge < -0.3 is 15.8 Å². The number of hydrogen-bond acceptors (Lipinski definition) is 3. The van der Waals surface area contributed by atoms with Crippen LogP contribution in [0.1, 0.15) is 50.6 Å². The molecule has 5 heteroatoms. The van der Waals surface area contributed by atoms with E-state index in [2.05, 4.69) is 5.32 Å². The third-order valence-electron chi connectivity index (χ3n) is 5.44. The highest BCUT2D eigenvalue weighted by Gasteiger charge is 2.57. The number of carbonyl (C=O) groups is 1. The maximum absolute atomic E-state index is 12.5. The molecule has 1 aromatic carbocycles. The van der Waals surface area contributed by atoms with Crippen LogP contribution in [0, 0.1) is 5.41 Å². The summed E-state index contributed by atoms with van der Waals surface area (Å²) in [7, 11) is 0. The summed E-state index contributed by atoms with van der Waals surface area (Å²) in [5, 5.41) is 3.19. The van der Waals surface area contributed by atoms with E-state index in [0.29, 0.717) is 6.10 Å². The SMILES string of the molecule is CCOC1CC(NC(=O)C(N)c2ccccc2)C12CCCC2.Cl. The third kappa shape index (κ3) is 3.39. The molecule has 3 unspecified atom stereocenters. The van der Waals surface area contributed by atoms with Crippen molar-refractivity contribution in [3.8, 4) is 0 Å². The topological polar surface area (TPSA) is 64.3 Å². The van der Waals surface area contributed by atoms with Gasteiger partial charge in [-0.25, -0.2) is 0 Å². The van der Waals surface area contributed by atoms with Crippen LogP contribution >= 0.6 is 12.4 Å². The number of nitrogens with two attached hydrogens (primary N) is 1. The van der Waals surface area contributed by atoms with Gasteiger partial charge in [-0.15, -0.1) is 12.4 Å². The predicted molar refractivity (Wildman–Crippen MR) is 93.5 cm³/mol. The van der Waals surface area contributed by atoms with Crippen molar-refractivity contribution < 1.29 is 9.53 Å². The molecule has 2 aliphatic carbocycles. The smallest absolute Gasteiger partial charge is 0.241 e. The van der Waals surface area contributed by atoms with Crippen molar-refractivity contribution in [2.75, 3.05) is 6.61 Å². The second-order valence-corrected chi connectivity index (χ2v) is 6.57. The summed E-state index contributed by atoms with van der Waals surface area (Å²) in [5.41, 5.74) is 7.12. The first kappa shape index (κ1) is 18.2. The molecule has 2 fully saturated rings. The van der Waals surface area contributed by atoms with Gasteiger partial charge >= 0.3 is 0 Å². The third-order valence-corrected chi connectivity index (χ3v) is 5.44. The number of nitrogens with one attached hydrogen (secondary N) is 1. The Morgan fingerprint density at radius 2 is 2.00 bits per heavy atom. The number of ether oxygens (including phenoxy) is 1. The summed E-state index contributed by atoms with van der Waals surface area (Å²) in [6.45, 7) is 2.79. The van der Waals surface area contributed by atoms with Crippen molar-refractivity contribution in [2.24, 2.45) is 11.1 Å². The first-order valence-corrected chi connectivity index (χ1v) is 8.40. The number of carbonyl (C=O) groups excluding carboxylic acids is 1. The lowest BCUT2D eigenvalue weighted by Gasteiger charge is -2.54. The van der Waals surface area contributed by atoms with E-state index in [1.54, 1.807) is 0 Å². The number of amides is 1. The van der Waals surface area contributed by atoms with E-state index in [1.165, 1.54) is 12.8 Å². The average molecular weight is 339 g/mol. The predicted octanol–water partition coefficient (Wildman–Crippen LogP) is 2.96. The molecular weight excluding hydrogens is 312 g/mol. The molecule has 0 aromatic heterocycles. The van der Waals surface area contributed by atoms with Gasteiger partial charge in [0.15, 0.2) is 0 Å². The summed E-state index contributed by atoms with van der Waals surface area (Å²) < 4.78 is 5.89. The standard InChI is InChI=1S/C18H26N2O2.ClH/c1-2-22-15-12-14(18(15)10-6-7-11-18)20-17(21)16(19)13-8-4-3-5-9-13;/h3-5,8-9,14-16H,2,6-7,10-12,19H2,1H3,(H,20,21);1H. The van der Waals surface area contributed by atoms with Crippen molar-refractivity contribution in [1.82, 2.24) is 5.32 Å². The van der Waals surface area contributed by atoms with E-state index in [-0.39, 0.29) is 29.8 Å². The maximum Gasteiger partial charge on any atom is 0.241 e. The van der Waals surface area contributed by atoms with Gasteiger partial charge in [0.1, 0.15) is 6.04 Å².